The number of hydrogen-bond acceptors (Lipinski definition) is 4. The van der Waals surface area contributed by atoms with Crippen molar-refractivity contribution in [3.63, 3.8) is 0 Å². The van der Waals surface area contributed by atoms with Gasteiger partial charge in [-0.05, 0) is 49.6 Å². The molecule has 6 nitrogen and oxygen atoms in total. The Hall–Kier alpha value is -2.38. The molecule has 1 saturated heterocycles. The highest BCUT2D eigenvalue weighted by Gasteiger charge is 2.25. The number of piperidine rings is 1. The largest absolute Gasteiger partial charge is 0.484 e. The number of benzene rings is 2. The van der Waals surface area contributed by atoms with E-state index in [0.717, 1.165) is 24.8 Å². The van der Waals surface area contributed by atoms with Crippen molar-refractivity contribution in [1.82, 2.24) is 9.62 Å². The van der Waals surface area contributed by atoms with Crippen LogP contribution in [0.4, 0.5) is 0 Å². The molecule has 1 aliphatic heterocycles. The molecule has 1 aliphatic rings. The van der Waals surface area contributed by atoms with Crippen molar-refractivity contribution in [1.29, 1.82) is 0 Å². The molecule has 0 aromatic heterocycles. The Kier molecular flexibility index (Phi) is 6.70. The first-order valence-corrected chi connectivity index (χ1v) is 11.0. The van der Waals surface area contributed by atoms with Gasteiger partial charge in [-0.2, -0.15) is 4.31 Å². The first-order valence-electron chi connectivity index (χ1n) is 9.54. The molecule has 7 heteroatoms. The zero-order valence-corrected chi connectivity index (χ0v) is 16.8. The molecule has 1 amide bonds. The first kappa shape index (κ1) is 20.4. The summed E-state index contributed by atoms with van der Waals surface area (Å²) in [5.41, 5.74) is 1.02. The molecule has 150 valence electrons. The minimum atomic E-state index is -3.46. The van der Waals surface area contributed by atoms with E-state index in [4.69, 9.17) is 4.74 Å². The molecule has 1 atom stereocenters. The molecule has 1 fully saturated rings. The molecule has 2 aromatic carbocycles. The lowest BCUT2D eigenvalue weighted by Crippen LogP contribution is -2.35. The lowest BCUT2D eigenvalue weighted by Gasteiger charge is -2.25. The fourth-order valence-corrected chi connectivity index (χ4v) is 4.74. The van der Waals surface area contributed by atoms with E-state index in [9.17, 15) is 13.2 Å². The number of carbonyl (C=O) groups excluding carboxylic acids is 1. The summed E-state index contributed by atoms with van der Waals surface area (Å²) in [5.74, 6) is 0.224. The number of sulfonamides is 1. The highest BCUT2D eigenvalue weighted by molar-refractivity contribution is 7.89. The van der Waals surface area contributed by atoms with Gasteiger partial charge in [-0.15, -0.1) is 0 Å². The summed E-state index contributed by atoms with van der Waals surface area (Å²) in [7, 11) is -3.46. The molecule has 0 aliphatic carbocycles. The minimum Gasteiger partial charge on any atom is -0.484 e. The maximum atomic E-state index is 12.6. The Bertz CT molecular complexity index is 876. The molecular weight excluding hydrogens is 376 g/mol. The van der Waals surface area contributed by atoms with E-state index in [1.54, 1.807) is 12.1 Å². The van der Waals surface area contributed by atoms with Gasteiger partial charge in [-0.25, -0.2) is 8.42 Å². The lowest BCUT2D eigenvalue weighted by molar-refractivity contribution is -0.123. The van der Waals surface area contributed by atoms with E-state index >= 15 is 0 Å². The Balaban J connectivity index is 1.53. The number of nitrogens with one attached hydrogen (secondary N) is 1. The van der Waals surface area contributed by atoms with Gasteiger partial charge in [0.1, 0.15) is 5.75 Å². The fraction of sp³-hybridized carbons (Fsp3) is 0.381. The summed E-state index contributed by atoms with van der Waals surface area (Å²) in [6.07, 6.45) is 2.87. The minimum absolute atomic E-state index is 0.116. The van der Waals surface area contributed by atoms with Gasteiger partial charge in [0.25, 0.3) is 5.91 Å². The number of ether oxygens (including phenoxy) is 1. The molecular formula is C21H26N2O4S. The Labute approximate surface area is 166 Å². The zero-order chi connectivity index (χ0) is 20.0. The molecule has 2 aromatic rings. The van der Waals surface area contributed by atoms with Crippen LogP contribution in [0.15, 0.2) is 59.5 Å². The molecule has 3 rings (SSSR count). The first-order chi connectivity index (χ1) is 13.5. The molecule has 0 bridgehead atoms. The molecule has 1 N–H and O–H groups in total. The third kappa shape index (κ3) is 5.11. The Morgan fingerprint density at radius 2 is 1.68 bits per heavy atom. The van der Waals surface area contributed by atoms with Crippen LogP contribution in [-0.2, 0) is 14.8 Å². The molecule has 28 heavy (non-hydrogen) atoms. The van der Waals surface area contributed by atoms with Crippen LogP contribution >= 0.6 is 0 Å². The van der Waals surface area contributed by atoms with Crippen LogP contribution in [0.5, 0.6) is 5.75 Å². The number of hydrogen-bond donors (Lipinski definition) is 1. The Morgan fingerprint density at radius 3 is 2.32 bits per heavy atom. The van der Waals surface area contributed by atoms with Gasteiger partial charge in [0, 0.05) is 13.1 Å². The van der Waals surface area contributed by atoms with Gasteiger partial charge in [0.2, 0.25) is 10.0 Å². The van der Waals surface area contributed by atoms with Crippen LogP contribution in [0.2, 0.25) is 0 Å². The number of nitrogens with zero attached hydrogens (tertiary/aromatic N) is 1. The van der Waals surface area contributed by atoms with Gasteiger partial charge in [0.15, 0.2) is 6.61 Å². The second-order valence-corrected chi connectivity index (χ2v) is 8.86. The van der Waals surface area contributed by atoms with Gasteiger partial charge < -0.3 is 10.1 Å². The van der Waals surface area contributed by atoms with Crippen LogP contribution in [0, 0.1) is 0 Å². The monoisotopic (exact) mass is 402 g/mol. The SMILES string of the molecule is C[C@@H](NC(=O)COc1ccc(S(=O)(=O)N2CCCCC2)cc1)c1ccccc1. The van der Waals surface area contributed by atoms with Crippen molar-refractivity contribution in [2.75, 3.05) is 19.7 Å². The molecule has 1 heterocycles. The van der Waals surface area contributed by atoms with Crippen molar-refractivity contribution in [2.24, 2.45) is 0 Å². The van der Waals surface area contributed by atoms with E-state index in [1.165, 1.54) is 16.4 Å². The summed E-state index contributed by atoms with van der Waals surface area (Å²) >= 11 is 0. The summed E-state index contributed by atoms with van der Waals surface area (Å²) in [6, 6.07) is 15.8. The maximum Gasteiger partial charge on any atom is 0.258 e. The zero-order valence-electron chi connectivity index (χ0n) is 16.0. The molecule has 0 radical (unpaired) electrons. The van der Waals surface area contributed by atoms with E-state index in [2.05, 4.69) is 5.32 Å². The maximum absolute atomic E-state index is 12.6. The van der Waals surface area contributed by atoms with Crippen LogP contribution in [0.1, 0.15) is 37.8 Å². The van der Waals surface area contributed by atoms with Crippen LogP contribution < -0.4 is 10.1 Å². The van der Waals surface area contributed by atoms with Crippen LogP contribution in [-0.4, -0.2) is 38.3 Å². The number of carbonyl (C=O) groups is 1. The second-order valence-electron chi connectivity index (χ2n) is 6.92. The highest BCUT2D eigenvalue weighted by Crippen LogP contribution is 2.22. The smallest absolute Gasteiger partial charge is 0.258 e. The van der Waals surface area contributed by atoms with E-state index < -0.39 is 10.0 Å². The van der Waals surface area contributed by atoms with Crippen LogP contribution in [0.3, 0.4) is 0 Å². The van der Waals surface area contributed by atoms with E-state index in [0.29, 0.717) is 18.8 Å². The highest BCUT2D eigenvalue weighted by atomic mass is 32.2. The summed E-state index contributed by atoms with van der Waals surface area (Å²) in [4.78, 5) is 12.3. The van der Waals surface area contributed by atoms with Gasteiger partial charge in [-0.3, -0.25) is 4.79 Å². The van der Waals surface area contributed by atoms with Gasteiger partial charge in [0.05, 0.1) is 10.9 Å². The molecule has 0 unspecified atom stereocenters. The third-order valence-corrected chi connectivity index (χ3v) is 6.74. The van der Waals surface area contributed by atoms with Crippen molar-refractivity contribution in [3.05, 3.63) is 60.2 Å². The average molecular weight is 403 g/mol. The van der Waals surface area contributed by atoms with Gasteiger partial charge in [-0.1, -0.05) is 36.8 Å². The molecule has 0 saturated carbocycles. The van der Waals surface area contributed by atoms with Crippen molar-refractivity contribution < 1.29 is 17.9 Å². The summed E-state index contributed by atoms with van der Waals surface area (Å²) in [5, 5.41) is 2.88. The normalized spacial score (nSPS) is 16.3. The van der Waals surface area contributed by atoms with E-state index in [1.807, 2.05) is 37.3 Å². The van der Waals surface area contributed by atoms with Crippen molar-refractivity contribution in [3.8, 4) is 5.75 Å². The number of rotatable bonds is 7. The summed E-state index contributed by atoms with van der Waals surface area (Å²) < 4.78 is 32.3. The van der Waals surface area contributed by atoms with E-state index in [-0.39, 0.29) is 23.5 Å². The quantitative estimate of drug-likeness (QED) is 0.772. The Morgan fingerprint density at radius 1 is 1.04 bits per heavy atom. The second kappa shape index (κ2) is 9.21. The fourth-order valence-electron chi connectivity index (χ4n) is 3.22. The predicted molar refractivity (Wildman–Crippen MR) is 108 cm³/mol. The standard InChI is InChI=1S/C21H26N2O4S/c1-17(18-8-4-2-5-9-18)22-21(24)16-27-19-10-12-20(13-11-19)28(25,26)23-14-6-3-7-15-23/h2,4-5,8-13,17H,3,6-7,14-16H2,1H3,(H,22,24)/t17-/m1/s1. The predicted octanol–water partition coefficient (Wildman–Crippen LogP) is 3.12. The summed E-state index contributed by atoms with van der Waals surface area (Å²) in [6.45, 7) is 2.92. The van der Waals surface area contributed by atoms with Gasteiger partial charge >= 0.3 is 0 Å². The topological polar surface area (TPSA) is 75.7 Å². The van der Waals surface area contributed by atoms with Crippen molar-refractivity contribution in [2.45, 2.75) is 37.1 Å². The number of amides is 1. The lowest BCUT2D eigenvalue weighted by atomic mass is 10.1. The third-order valence-electron chi connectivity index (χ3n) is 4.82. The van der Waals surface area contributed by atoms with Crippen LogP contribution in [0.25, 0.3) is 0 Å². The van der Waals surface area contributed by atoms with Crippen molar-refractivity contribution >= 4 is 15.9 Å². The average Bonchev–Trinajstić information content (AvgIpc) is 2.74. The molecule has 0 spiro atoms.